The summed E-state index contributed by atoms with van der Waals surface area (Å²) in [5.41, 5.74) is 1.43. The summed E-state index contributed by atoms with van der Waals surface area (Å²) in [5.74, 6) is -0.156. The Labute approximate surface area is 139 Å². The number of hydrogen-bond donors (Lipinski definition) is 0. The largest absolute Gasteiger partial charge is 0.292 e. The van der Waals surface area contributed by atoms with E-state index in [9.17, 15) is 4.79 Å². The standard InChI is InChI=1S/C19H14Cl2O/c20-17(14-7-2-1-3-8-14)18(21)19(22)16-11-10-13-6-4-5-9-15(13)12-16/h1-12,17-18H/t17-,18-/m1/s1. The smallest absolute Gasteiger partial charge is 0.182 e. The van der Waals surface area contributed by atoms with E-state index in [2.05, 4.69) is 0 Å². The topological polar surface area (TPSA) is 17.1 Å². The monoisotopic (exact) mass is 328 g/mol. The van der Waals surface area contributed by atoms with Crippen LogP contribution >= 0.6 is 23.2 Å². The van der Waals surface area contributed by atoms with E-state index in [4.69, 9.17) is 23.2 Å². The molecule has 0 spiro atoms. The third-order valence-corrected chi connectivity index (χ3v) is 4.74. The molecule has 0 fully saturated rings. The molecule has 3 rings (SSSR count). The summed E-state index contributed by atoms with van der Waals surface area (Å²) in [6, 6.07) is 22.9. The molecule has 0 heterocycles. The van der Waals surface area contributed by atoms with Gasteiger partial charge in [-0.2, -0.15) is 0 Å². The minimum absolute atomic E-state index is 0.156. The van der Waals surface area contributed by atoms with Gasteiger partial charge < -0.3 is 0 Å². The molecular formula is C19H14Cl2O. The van der Waals surface area contributed by atoms with Gasteiger partial charge in [-0.05, 0) is 22.4 Å². The molecule has 3 aromatic rings. The van der Waals surface area contributed by atoms with Crippen molar-refractivity contribution < 1.29 is 4.79 Å². The molecule has 0 saturated heterocycles. The van der Waals surface area contributed by atoms with Gasteiger partial charge in [0.2, 0.25) is 0 Å². The average molecular weight is 329 g/mol. The molecule has 110 valence electrons. The molecule has 1 nitrogen and oxygen atoms in total. The zero-order valence-electron chi connectivity index (χ0n) is 11.7. The summed E-state index contributed by atoms with van der Waals surface area (Å²) in [5, 5.41) is 0.755. The van der Waals surface area contributed by atoms with Crippen molar-refractivity contribution in [1.82, 2.24) is 0 Å². The predicted octanol–water partition coefficient (Wildman–Crippen LogP) is 5.61. The van der Waals surface area contributed by atoms with Crippen LogP contribution in [-0.2, 0) is 0 Å². The summed E-state index contributed by atoms with van der Waals surface area (Å²) < 4.78 is 0. The molecule has 0 N–H and O–H groups in total. The highest BCUT2D eigenvalue weighted by Gasteiger charge is 2.26. The summed E-state index contributed by atoms with van der Waals surface area (Å²) in [7, 11) is 0. The maximum atomic E-state index is 12.6. The Balaban J connectivity index is 1.88. The van der Waals surface area contributed by atoms with E-state index in [1.54, 1.807) is 6.07 Å². The summed E-state index contributed by atoms with van der Waals surface area (Å²) in [6.45, 7) is 0. The summed E-state index contributed by atoms with van der Waals surface area (Å²) in [4.78, 5) is 12.6. The molecule has 0 aliphatic rings. The van der Waals surface area contributed by atoms with E-state index in [0.717, 1.165) is 16.3 Å². The first-order valence-electron chi connectivity index (χ1n) is 7.03. The number of carbonyl (C=O) groups is 1. The van der Waals surface area contributed by atoms with Crippen LogP contribution in [0.1, 0.15) is 21.3 Å². The van der Waals surface area contributed by atoms with Crippen LogP contribution in [0.25, 0.3) is 10.8 Å². The lowest BCUT2D eigenvalue weighted by molar-refractivity contribution is 0.0985. The minimum Gasteiger partial charge on any atom is -0.292 e. The van der Waals surface area contributed by atoms with Crippen LogP contribution in [0.5, 0.6) is 0 Å². The number of rotatable bonds is 4. The lowest BCUT2D eigenvalue weighted by Gasteiger charge is -2.15. The van der Waals surface area contributed by atoms with E-state index < -0.39 is 10.8 Å². The number of alkyl halides is 2. The van der Waals surface area contributed by atoms with Gasteiger partial charge >= 0.3 is 0 Å². The van der Waals surface area contributed by atoms with Crippen molar-refractivity contribution in [2.24, 2.45) is 0 Å². The molecule has 0 aliphatic heterocycles. The predicted molar refractivity (Wildman–Crippen MR) is 93.0 cm³/mol. The Bertz CT molecular complexity index is 799. The number of benzene rings is 3. The summed E-state index contributed by atoms with van der Waals surface area (Å²) >= 11 is 12.7. The number of carbonyl (C=O) groups excluding carboxylic acids is 1. The van der Waals surface area contributed by atoms with E-state index in [1.807, 2.05) is 66.7 Å². The van der Waals surface area contributed by atoms with E-state index in [0.29, 0.717) is 5.56 Å². The number of hydrogen-bond acceptors (Lipinski definition) is 1. The van der Waals surface area contributed by atoms with Gasteiger partial charge in [0.05, 0.1) is 5.38 Å². The Morgan fingerprint density at radius 1 is 0.773 bits per heavy atom. The third-order valence-electron chi connectivity index (χ3n) is 3.66. The zero-order chi connectivity index (χ0) is 15.5. The third kappa shape index (κ3) is 3.01. The molecule has 3 heteroatoms. The van der Waals surface area contributed by atoms with Crippen LogP contribution in [0.4, 0.5) is 0 Å². The second-order valence-corrected chi connectivity index (χ2v) is 6.08. The van der Waals surface area contributed by atoms with Crippen LogP contribution in [-0.4, -0.2) is 11.2 Å². The lowest BCUT2D eigenvalue weighted by Crippen LogP contribution is -2.20. The van der Waals surface area contributed by atoms with E-state index in [1.165, 1.54) is 0 Å². The normalized spacial score (nSPS) is 13.7. The van der Waals surface area contributed by atoms with E-state index in [-0.39, 0.29) is 5.78 Å². The van der Waals surface area contributed by atoms with Crippen molar-refractivity contribution in [2.45, 2.75) is 10.8 Å². The molecule has 2 atom stereocenters. The quantitative estimate of drug-likeness (QED) is 0.449. The van der Waals surface area contributed by atoms with Gasteiger partial charge in [0.1, 0.15) is 5.38 Å². The lowest BCUT2D eigenvalue weighted by atomic mass is 9.99. The molecule has 0 aliphatic carbocycles. The first-order chi connectivity index (χ1) is 10.7. The van der Waals surface area contributed by atoms with Crippen LogP contribution < -0.4 is 0 Å². The van der Waals surface area contributed by atoms with Crippen LogP contribution in [0, 0.1) is 0 Å². The molecule has 0 unspecified atom stereocenters. The molecule has 0 aromatic heterocycles. The number of Topliss-reactive ketones (excluding diaryl/α,β-unsaturated/α-hetero) is 1. The van der Waals surface area contributed by atoms with Crippen molar-refractivity contribution in [3.05, 3.63) is 83.9 Å². The zero-order valence-corrected chi connectivity index (χ0v) is 13.3. The molecule has 0 bridgehead atoms. The van der Waals surface area contributed by atoms with Gasteiger partial charge in [-0.25, -0.2) is 0 Å². The minimum atomic E-state index is -0.801. The van der Waals surface area contributed by atoms with Crippen LogP contribution in [0.15, 0.2) is 72.8 Å². The maximum absolute atomic E-state index is 12.6. The SMILES string of the molecule is O=C(c1ccc2ccccc2c1)[C@H](Cl)[C@H](Cl)c1ccccc1. The molecule has 0 amide bonds. The fourth-order valence-electron chi connectivity index (χ4n) is 2.44. The Morgan fingerprint density at radius 3 is 2.14 bits per heavy atom. The molecule has 22 heavy (non-hydrogen) atoms. The molecule has 0 saturated carbocycles. The summed E-state index contributed by atoms with van der Waals surface area (Å²) in [6.07, 6.45) is 0. The van der Waals surface area contributed by atoms with Crippen molar-refractivity contribution in [3.63, 3.8) is 0 Å². The van der Waals surface area contributed by atoms with Gasteiger partial charge in [-0.3, -0.25) is 4.79 Å². The van der Waals surface area contributed by atoms with Crippen molar-refractivity contribution in [1.29, 1.82) is 0 Å². The van der Waals surface area contributed by atoms with Crippen molar-refractivity contribution in [3.8, 4) is 0 Å². The van der Waals surface area contributed by atoms with Gasteiger partial charge in [0, 0.05) is 5.56 Å². The Morgan fingerprint density at radius 2 is 1.41 bits per heavy atom. The number of fused-ring (bicyclic) bond motifs is 1. The number of halogens is 2. The highest BCUT2D eigenvalue weighted by molar-refractivity contribution is 6.39. The highest BCUT2D eigenvalue weighted by atomic mass is 35.5. The van der Waals surface area contributed by atoms with Crippen LogP contribution in [0.2, 0.25) is 0 Å². The molecule has 3 aromatic carbocycles. The Hall–Kier alpha value is -1.83. The van der Waals surface area contributed by atoms with Gasteiger partial charge in [0.25, 0.3) is 0 Å². The first kappa shape index (κ1) is 15.1. The second kappa shape index (κ2) is 6.51. The number of ketones is 1. The molecular weight excluding hydrogens is 315 g/mol. The Kier molecular flexibility index (Phi) is 4.47. The second-order valence-electron chi connectivity index (χ2n) is 5.14. The van der Waals surface area contributed by atoms with Crippen LogP contribution in [0.3, 0.4) is 0 Å². The van der Waals surface area contributed by atoms with Crippen molar-refractivity contribution >= 4 is 39.8 Å². The van der Waals surface area contributed by atoms with Gasteiger partial charge in [-0.1, -0.05) is 66.7 Å². The van der Waals surface area contributed by atoms with Gasteiger partial charge in [-0.15, -0.1) is 23.2 Å². The first-order valence-corrected chi connectivity index (χ1v) is 7.90. The van der Waals surface area contributed by atoms with Crippen molar-refractivity contribution in [2.75, 3.05) is 0 Å². The van der Waals surface area contributed by atoms with Gasteiger partial charge in [0.15, 0.2) is 5.78 Å². The average Bonchev–Trinajstić information content (AvgIpc) is 2.60. The fourth-order valence-corrected chi connectivity index (χ4v) is 2.97. The highest BCUT2D eigenvalue weighted by Crippen LogP contribution is 2.30. The molecule has 0 radical (unpaired) electrons. The van der Waals surface area contributed by atoms with E-state index >= 15 is 0 Å². The maximum Gasteiger partial charge on any atom is 0.182 e. The fraction of sp³-hybridized carbons (Fsp3) is 0.105.